The second kappa shape index (κ2) is 6.78. The van der Waals surface area contributed by atoms with Crippen LogP contribution in [-0.4, -0.2) is 38.1 Å². The summed E-state index contributed by atoms with van der Waals surface area (Å²) in [4.78, 5) is 10.3. The van der Waals surface area contributed by atoms with Crippen molar-refractivity contribution in [2.75, 3.05) is 7.05 Å². The van der Waals surface area contributed by atoms with E-state index in [1.165, 1.54) is 0 Å². The molecule has 0 aliphatic heterocycles. The Morgan fingerprint density at radius 2 is 2.04 bits per heavy atom. The molecular weight excluding hydrogens is 335 g/mol. The Bertz CT molecular complexity index is 732. The average Bonchev–Trinajstić information content (AvgIpc) is 2.42. The van der Waals surface area contributed by atoms with Gasteiger partial charge in [-0.3, -0.25) is 0 Å². The number of benzene rings is 1. The van der Waals surface area contributed by atoms with Gasteiger partial charge >= 0.3 is 5.97 Å². The van der Waals surface area contributed by atoms with E-state index in [2.05, 4.69) is 10.0 Å². The average molecular weight is 358 g/mol. The summed E-state index contributed by atoms with van der Waals surface area (Å²) >= 11 is 0. The first-order valence-corrected chi connectivity index (χ1v) is 9.28. The van der Waals surface area contributed by atoms with E-state index in [1.54, 1.807) is 13.8 Å². The van der Waals surface area contributed by atoms with E-state index in [0.29, 0.717) is 24.4 Å². The fraction of sp³-hybridized carbons (Fsp3) is 0.562. The molecule has 1 saturated carbocycles. The predicted octanol–water partition coefficient (Wildman–Crippen LogP) is 1.97. The zero-order valence-electron chi connectivity index (χ0n) is 14.0. The molecule has 3 N–H and O–H groups in total. The fourth-order valence-electron chi connectivity index (χ4n) is 3.16. The second-order valence-electron chi connectivity index (χ2n) is 6.88. The molecule has 1 aliphatic carbocycles. The van der Waals surface area contributed by atoms with Crippen molar-refractivity contribution in [3.8, 4) is 0 Å². The van der Waals surface area contributed by atoms with Gasteiger partial charge in [-0.2, -0.15) is 0 Å². The van der Waals surface area contributed by atoms with E-state index in [9.17, 15) is 17.6 Å². The number of halogens is 1. The number of hydrogen-bond acceptors (Lipinski definition) is 4. The monoisotopic (exact) mass is 358 g/mol. The van der Waals surface area contributed by atoms with Crippen LogP contribution in [0.3, 0.4) is 0 Å². The van der Waals surface area contributed by atoms with Crippen LogP contribution in [0.2, 0.25) is 0 Å². The molecule has 0 saturated heterocycles. The SMILES string of the molecule is CNC1CCC1CC(C)(C)NS(=O)(=O)c1ccc(C(=O)O)cc1F. The highest BCUT2D eigenvalue weighted by Gasteiger charge is 2.37. The number of hydrogen-bond donors (Lipinski definition) is 3. The third kappa shape index (κ3) is 4.12. The van der Waals surface area contributed by atoms with Crippen molar-refractivity contribution in [3.05, 3.63) is 29.6 Å². The number of rotatable bonds is 7. The van der Waals surface area contributed by atoms with Gasteiger partial charge in [-0.1, -0.05) is 0 Å². The van der Waals surface area contributed by atoms with E-state index in [4.69, 9.17) is 5.11 Å². The van der Waals surface area contributed by atoms with Crippen molar-refractivity contribution in [2.45, 2.75) is 49.6 Å². The van der Waals surface area contributed by atoms with Crippen LogP contribution >= 0.6 is 0 Å². The van der Waals surface area contributed by atoms with E-state index < -0.39 is 32.2 Å². The summed E-state index contributed by atoms with van der Waals surface area (Å²) in [6.45, 7) is 3.53. The normalized spacial score (nSPS) is 21.3. The minimum Gasteiger partial charge on any atom is -0.478 e. The van der Waals surface area contributed by atoms with Gasteiger partial charge in [-0.05, 0) is 64.3 Å². The molecule has 2 atom stereocenters. The minimum atomic E-state index is -4.08. The van der Waals surface area contributed by atoms with Crippen molar-refractivity contribution in [1.82, 2.24) is 10.0 Å². The van der Waals surface area contributed by atoms with Gasteiger partial charge in [-0.15, -0.1) is 0 Å². The molecule has 2 unspecified atom stereocenters. The molecule has 0 spiro atoms. The van der Waals surface area contributed by atoms with Crippen LogP contribution in [0, 0.1) is 11.7 Å². The van der Waals surface area contributed by atoms with Crippen LogP contribution in [-0.2, 0) is 10.0 Å². The zero-order chi connectivity index (χ0) is 18.1. The number of carbonyl (C=O) groups is 1. The van der Waals surface area contributed by atoms with E-state index in [1.807, 2.05) is 7.05 Å². The van der Waals surface area contributed by atoms with E-state index >= 15 is 0 Å². The highest BCUT2D eigenvalue weighted by molar-refractivity contribution is 7.89. The smallest absolute Gasteiger partial charge is 0.335 e. The largest absolute Gasteiger partial charge is 0.478 e. The Hall–Kier alpha value is -1.51. The topological polar surface area (TPSA) is 95.5 Å². The number of nitrogens with one attached hydrogen (secondary N) is 2. The molecule has 8 heteroatoms. The van der Waals surface area contributed by atoms with Gasteiger partial charge in [0.2, 0.25) is 10.0 Å². The van der Waals surface area contributed by atoms with Gasteiger partial charge in [0.15, 0.2) is 0 Å². The highest BCUT2D eigenvalue weighted by atomic mass is 32.2. The number of carboxylic acids is 1. The molecule has 1 aromatic rings. The second-order valence-corrected chi connectivity index (χ2v) is 8.53. The fourth-order valence-corrected chi connectivity index (χ4v) is 4.64. The zero-order valence-corrected chi connectivity index (χ0v) is 14.8. The molecule has 0 aromatic heterocycles. The van der Waals surface area contributed by atoms with Gasteiger partial charge in [0.1, 0.15) is 10.7 Å². The Kier molecular flexibility index (Phi) is 5.31. The summed E-state index contributed by atoms with van der Waals surface area (Å²) in [5.41, 5.74) is -1.03. The quantitative estimate of drug-likeness (QED) is 0.693. The Balaban J connectivity index is 2.16. The Morgan fingerprint density at radius 1 is 1.38 bits per heavy atom. The molecule has 0 heterocycles. The lowest BCUT2D eigenvalue weighted by atomic mass is 9.73. The van der Waals surface area contributed by atoms with Crippen LogP contribution in [0.4, 0.5) is 4.39 Å². The molecule has 134 valence electrons. The first kappa shape index (κ1) is 18.8. The third-order valence-corrected chi connectivity index (χ3v) is 6.17. The van der Waals surface area contributed by atoms with Crippen LogP contribution in [0.5, 0.6) is 0 Å². The van der Waals surface area contributed by atoms with Crippen molar-refractivity contribution in [1.29, 1.82) is 0 Å². The summed E-state index contributed by atoms with van der Waals surface area (Å²) in [6, 6.07) is 3.15. The molecule has 1 aliphatic rings. The first-order chi connectivity index (χ1) is 11.1. The van der Waals surface area contributed by atoms with Gasteiger partial charge in [0, 0.05) is 11.6 Å². The lowest BCUT2D eigenvalue weighted by Gasteiger charge is -2.41. The van der Waals surface area contributed by atoms with Crippen molar-refractivity contribution in [3.63, 3.8) is 0 Å². The number of aromatic carboxylic acids is 1. The number of carboxylic acid groups (broad SMARTS) is 1. The maximum absolute atomic E-state index is 14.0. The summed E-state index contributed by atoms with van der Waals surface area (Å²) in [6.07, 6.45) is 2.72. The summed E-state index contributed by atoms with van der Waals surface area (Å²) < 4.78 is 41.5. The van der Waals surface area contributed by atoms with E-state index in [0.717, 1.165) is 25.0 Å². The van der Waals surface area contributed by atoms with Crippen LogP contribution in [0.25, 0.3) is 0 Å². The Labute approximate surface area is 141 Å². The maximum Gasteiger partial charge on any atom is 0.335 e. The lowest BCUT2D eigenvalue weighted by Crippen LogP contribution is -2.50. The summed E-state index contributed by atoms with van der Waals surface area (Å²) in [5.74, 6) is -2.02. The molecule has 1 fully saturated rings. The highest BCUT2D eigenvalue weighted by Crippen LogP contribution is 2.34. The van der Waals surface area contributed by atoms with Crippen molar-refractivity contribution >= 4 is 16.0 Å². The van der Waals surface area contributed by atoms with Crippen molar-refractivity contribution < 1.29 is 22.7 Å². The molecule has 0 radical (unpaired) electrons. The lowest BCUT2D eigenvalue weighted by molar-refractivity contribution is 0.0696. The van der Waals surface area contributed by atoms with Gasteiger partial charge in [-0.25, -0.2) is 22.3 Å². The van der Waals surface area contributed by atoms with Crippen LogP contribution in [0.1, 0.15) is 43.5 Å². The maximum atomic E-state index is 14.0. The molecule has 2 rings (SSSR count). The molecule has 24 heavy (non-hydrogen) atoms. The third-order valence-electron chi connectivity index (χ3n) is 4.44. The first-order valence-electron chi connectivity index (χ1n) is 7.80. The van der Waals surface area contributed by atoms with Gasteiger partial charge in [0.05, 0.1) is 5.56 Å². The van der Waals surface area contributed by atoms with Crippen LogP contribution in [0.15, 0.2) is 23.1 Å². The molecule has 6 nitrogen and oxygen atoms in total. The van der Waals surface area contributed by atoms with E-state index in [-0.39, 0.29) is 5.56 Å². The van der Waals surface area contributed by atoms with Gasteiger partial charge in [0.25, 0.3) is 0 Å². The number of sulfonamides is 1. The standard InChI is InChI=1S/C16H23FN2O4S/c1-16(2,9-11-4-6-13(11)18-3)19-24(22,23)14-7-5-10(15(20)21)8-12(14)17/h5,7-8,11,13,18-19H,4,6,9H2,1-3H3,(H,20,21). The van der Waals surface area contributed by atoms with Crippen molar-refractivity contribution in [2.24, 2.45) is 5.92 Å². The Morgan fingerprint density at radius 3 is 2.50 bits per heavy atom. The minimum absolute atomic E-state index is 0.294. The summed E-state index contributed by atoms with van der Waals surface area (Å²) in [7, 11) is -2.20. The summed E-state index contributed by atoms with van der Waals surface area (Å²) in [5, 5.41) is 12.0. The molecule has 1 aromatic carbocycles. The predicted molar refractivity (Wildman–Crippen MR) is 87.9 cm³/mol. The molecule has 0 bridgehead atoms. The van der Waals surface area contributed by atoms with Gasteiger partial charge < -0.3 is 10.4 Å². The molecule has 0 amide bonds. The van der Waals surface area contributed by atoms with Crippen LogP contribution < -0.4 is 10.0 Å². The molecular formula is C16H23FN2O4S.